The van der Waals surface area contributed by atoms with Gasteiger partial charge in [-0.15, -0.1) is 0 Å². The van der Waals surface area contributed by atoms with Gasteiger partial charge in [0.15, 0.2) is 5.58 Å². The fourth-order valence-corrected chi connectivity index (χ4v) is 4.81. The highest BCUT2D eigenvalue weighted by Crippen LogP contribution is 2.35. The van der Waals surface area contributed by atoms with E-state index in [9.17, 15) is 21.6 Å². The Labute approximate surface area is 159 Å². The van der Waals surface area contributed by atoms with Gasteiger partial charge in [0.05, 0.1) is 10.5 Å². The van der Waals surface area contributed by atoms with E-state index < -0.39 is 26.7 Å². The van der Waals surface area contributed by atoms with E-state index in [1.807, 2.05) is 12.1 Å². The molecule has 1 aliphatic rings. The van der Waals surface area contributed by atoms with Crippen LogP contribution in [0.25, 0.3) is 11.1 Å². The predicted molar refractivity (Wildman–Crippen MR) is 96.4 cm³/mol. The molecule has 10 heteroatoms. The van der Waals surface area contributed by atoms with Gasteiger partial charge >= 0.3 is 6.18 Å². The van der Waals surface area contributed by atoms with E-state index in [4.69, 9.17) is 4.42 Å². The summed E-state index contributed by atoms with van der Waals surface area (Å²) >= 11 is 0. The molecule has 1 saturated heterocycles. The molecule has 0 bridgehead atoms. The van der Waals surface area contributed by atoms with Crippen molar-refractivity contribution in [3.8, 4) is 0 Å². The molecule has 148 valence electrons. The molecule has 28 heavy (non-hydrogen) atoms. The Morgan fingerprint density at radius 3 is 2.25 bits per heavy atom. The van der Waals surface area contributed by atoms with Gasteiger partial charge in [-0.05, 0) is 24.3 Å². The van der Waals surface area contributed by atoms with Crippen molar-refractivity contribution in [3.05, 3.63) is 54.1 Å². The summed E-state index contributed by atoms with van der Waals surface area (Å²) in [6, 6.07) is 11.8. The molecule has 4 rings (SSSR count). The number of para-hydroxylation sites is 2. The Balaban J connectivity index is 1.55. The second kappa shape index (κ2) is 6.78. The average Bonchev–Trinajstić information content (AvgIpc) is 3.12. The number of hydrogen-bond donors (Lipinski definition) is 0. The van der Waals surface area contributed by atoms with Crippen molar-refractivity contribution < 1.29 is 26.0 Å². The Morgan fingerprint density at radius 2 is 1.57 bits per heavy atom. The number of sulfonamides is 1. The third kappa shape index (κ3) is 3.33. The number of benzene rings is 2. The third-order valence-corrected chi connectivity index (χ3v) is 6.56. The van der Waals surface area contributed by atoms with Crippen molar-refractivity contribution in [2.24, 2.45) is 0 Å². The summed E-state index contributed by atoms with van der Waals surface area (Å²) in [5, 5.41) is 0. The molecule has 0 aliphatic carbocycles. The van der Waals surface area contributed by atoms with E-state index in [1.54, 1.807) is 17.0 Å². The monoisotopic (exact) mass is 411 g/mol. The number of nitrogens with zero attached hydrogens (tertiary/aromatic N) is 3. The first-order valence-corrected chi connectivity index (χ1v) is 9.98. The molecule has 0 radical (unpaired) electrons. The zero-order chi connectivity index (χ0) is 19.9. The molecular weight excluding hydrogens is 395 g/mol. The third-order valence-electron chi connectivity index (χ3n) is 4.60. The zero-order valence-electron chi connectivity index (χ0n) is 14.6. The van der Waals surface area contributed by atoms with E-state index in [2.05, 4.69) is 4.98 Å². The van der Waals surface area contributed by atoms with E-state index >= 15 is 0 Å². The second-order valence-electron chi connectivity index (χ2n) is 6.35. The quantitative estimate of drug-likeness (QED) is 0.661. The summed E-state index contributed by atoms with van der Waals surface area (Å²) in [6.45, 7) is 0.598. The van der Waals surface area contributed by atoms with Gasteiger partial charge < -0.3 is 9.32 Å². The minimum Gasteiger partial charge on any atom is -0.423 e. The van der Waals surface area contributed by atoms with E-state index in [-0.39, 0.29) is 26.2 Å². The highest BCUT2D eigenvalue weighted by molar-refractivity contribution is 7.89. The minimum atomic E-state index is -4.75. The highest BCUT2D eigenvalue weighted by atomic mass is 32.2. The fourth-order valence-electron chi connectivity index (χ4n) is 3.18. The van der Waals surface area contributed by atoms with Crippen molar-refractivity contribution in [2.45, 2.75) is 11.1 Å². The molecule has 3 aromatic rings. The Kier molecular flexibility index (Phi) is 4.54. The van der Waals surface area contributed by atoms with E-state index in [0.717, 1.165) is 16.4 Å². The molecule has 1 aromatic heterocycles. The average molecular weight is 411 g/mol. The van der Waals surface area contributed by atoms with Gasteiger partial charge in [-0.25, -0.2) is 8.42 Å². The van der Waals surface area contributed by atoms with Gasteiger partial charge in [-0.3, -0.25) is 0 Å². The molecule has 0 amide bonds. The van der Waals surface area contributed by atoms with Crippen LogP contribution in [-0.2, 0) is 16.2 Å². The van der Waals surface area contributed by atoms with Gasteiger partial charge in [0.1, 0.15) is 5.52 Å². The first-order chi connectivity index (χ1) is 13.3. The highest BCUT2D eigenvalue weighted by Gasteiger charge is 2.39. The standard InChI is InChI=1S/C18H16F3N3O3S/c19-18(20,21)13-5-1-4-8-16(13)28(25,26)24-11-9-23(10-12-24)17-22-14-6-2-3-7-15(14)27-17/h1-8H,9-12H2. The number of piperazine rings is 1. The van der Waals surface area contributed by atoms with Crippen LogP contribution in [0, 0.1) is 0 Å². The van der Waals surface area contributed by atoms with Crippen LogP contribution >= 0.6 is 0 Å². The van der Waals surface area contributed by atoms with Crippen molar-refractivity contribution in [2.75, 3.05) is 31.1 Å². The number of anilines is 1. The van der Waals surface area contributed by atoms with Gasteiger partial charge in [0.2, 0.25) is 10.0 Å². The first kappa shape index (κ1) is 18.8. The molecule has 0 unspecified atom stereocenters. The zero-order valence-corrected chi connectivity index (χ0v) is 15.4. The van der Waals surface area contributed by atoms with Crippen molar-refractivity contribution in [3.63, 3.8) is 0 Å². The van der Waals surface area contributed by atoms with Crippen LogP contribution in [0.15, 0.2) is 57.8 Å². The Hall–Kier alpha value is -2.59. The summed E-state index contributed by atoms with van der Waals surface area (Å²) < 4.78 is 72.0. The van der Waals surface area contributed by atoms with Crippen LogP contribution < -0.4 is 4.90 Å². The topological polar surface area (TPSA) is 66.7 Å². The molecule has 1 aliphatic heterocycles. The van der Waals surface area contributed by atoms with Crippen LogP contribution in [0.2, 0.25) is 0 Å². The molecule has 2 heterocycles. The largest absolute Gasteiger partial charge is 0.423 e. The maximum absolute atomic E-state index is 13.2. The Bertz CT molecular complexity index is 1070. The summed E-state index contributed by atoms with van der Waals surface area (Å²) in [5.74, 6) is 0. The lowest BCUT2D eigenvalue weighted by Crippen LogP contribution is -2.49. The van der Waals surface area contributed by atoms with Crippen LogP contribution in [-0.4, -0.2) is 43.9 Å². The summed E-state index contributed by atoms with van der Waals surface area (Å²) in [4.78, 5) is 5.43. The molecule has 0 atom stereocenters. The number of rotatable bonds is 3. The SMILES string of the molecule is O=S(=O)(c1ccccc1C(F)(F)F)N1CCN(c2nc3ccccc3o2)CC1. The Morgan fingerprint density at radius 1 is 0.929 bits per heavy atom. The lowest BCUT2D eigenvalue weighted by atomic mass is 10.2. The number of aromatic nitrogens is 1. The predicted octanol–water partition coefficient (Wildman–Crippen LogP) is 3.36. The molecule has 2 aromatic carbocycles. The van der Waals surface area contributed by atoms with Gasteiger partial charge in [0, 0.05) is 26.2 Å². The summed E-state index contributed by atoms with van der Waals surface area (Å²) in [6.07, 6.45) is -4.75. The van der Waals surface area contributed by atoms with E-state index in [1.165, 1.54) is 12.1 Å². The molecule has 6 nitrogen and oxygen atoms in total. The second-order valence-corrected chi connectivity index (χ2v) is 8.26. The molecule has 0 saturated carbocycles. The van der Waals surface area contributed by atoms with Crippen LogP contribution in [0.5, 0.6) is 0 Å². The number of halogens is 3. The van der Waals surface area contributed by atoms with Crippen LogP contribution in [0.1, 0.15) is 5.56 Å². The lowest BCUT2D eigenvalue weighted by molar-refractivity contribution is -0.139. The van der Waals surface area contributed by atoms with Gasteiger partial charge in [-0.2, -0.15) is 22.5 Å². The minimum absolute atomic E-state index is 0.0350. The normalized spacial score (nSPS) is 16.6. The van der Waals surface area contributed by atoms with Crippen molar-refractivity contribution in [1.82, 2.24) is 9.29 Å². The number of oxazole rings is 1. The summed E-state index contributed by atoms with van der Waals surface area (Å²) in [5.41, 5.74) is 0.148. The molecule has 0 N–H and O–H groups in total. The van der Waals surface area contributed by atoms with Gasteiger partial charge in [0.25, 0.3) is 6.01 Å². The van der Waals surface area contributed by atoms with Crippen LogP contribution in [0.4, 0.5) is 19.2 Å². The lowest BCUT2D eigenvalue weighted by Gasteiger charge is -2.33. The van der Waals surface area contributed by atoms with Gasteiger partial charge in [-0.1, -0.05) is 24.3 Å². The maximum Gasteiger partial charge on any atom is 0.417 e. The molecule has 0 spiro atoms. The fraction of sp³-hybridized carbons (Fsp3) is 0.278. The smallest absolute Gasteiger partial charge is 0.417 e. The number of hydrogen-bond acceptors (Lipinski definition) is 5. The maximum atomic E-state index is 13.2. The number of fused-ring (bicyclic) bond motifs is 1. The number of alkyl halides is 3. The van der Waals surface area contributed by atoms with E-state index in [0.29, 0.717) is 17.1 Å². The van der Waals surface area contributed by atoms with Crippen LogP contribution in [0.3, 0.4) is 0 Å². The molecule has 1 fully saturated rings. The molecular formula is C18H16F3N3O3S. The van der Waals surface area contributed by atoms with Crippen molar-refractivity contribution in [1.29, 1.82) is 0 Å². The van der Waals surface area contributed by atoms with Crippen molar-refractivity contribution >= 4 is 27.1 Å². The summed E-state index contributed by atoms with van der Waals surface area (Å²) in [7, 11) is -4.27. The first-order valence-electron chi connectivity index (χ1n) is 8.54.